The van der Waals surface area contributed by atoms with Crippen LogP contribution in [0.25, 0.3) is 0 Å². The van der Waals surface area contributed by atoms with Gasteiger partial charge in [0.1, 0.15) is 0 Å². The number of carbonyl (C=O) groups is 2. The maximum absolute atomic E-state index is 12.9. The maximum atomic E-state index is 12.9. The standard InChI is InChI=1S/C40H48N6O2/c47-39(41-17-7-23-45-19-3-1-4-20-45)31-13-15-35-33(25-31)27-37(43-35)29-9-11-30(12-10-29)38-28-34-26-32(14-16-36(34)44-38)40(48)42-18-8-24-46-21-5-2-6-22-46/h9-16,25-26H,1-8,17-24,27-28H2,(H,41,47)(H,42,48). The zero-order valence-corrected chi connectivity index (χ0v) is 28.1. The number of benzene rings is 3. The van der Waals surface area contributed by atoms with E-state index in [1.54, 1.807) is 0 Å². The number of likely N-dealkylation sites (tertiary alicyclic amines) is 2. The van der Waals surface area contributed by atoms with Gasteiger partial charge in [-0.3, -0.25) is 19.6 Å². The Morgan fingerprint density at radius 1 is 0.562 bits per heavy atom. The maximum Gasteiger partial charge on any atom is 0.251 e. The van der Waals surface area contributed by atoms with Crippen molar-refractivity contribution in [2.75, 3.05) is 52.4 Å². The Kier molecular flexibility index (Phi) is 10.4. The SMILES string of the molecule is O=C(NCCCN1CCCCC1)c1ccc2c(c1)CC(c1ccc(C3=Nc4ccc(C(=O)NCCCN5CCCCC5)cc4C3)cc1)=N2. The van der Waals surface area contributed by atoms with Crippen LogP contribution in [-0.4, -0.2) is 85.4 Å². The molecule has 48 heavy (non-hydrogen) atoms. The Balaban J connectivity index is 0.885. The van der Waals surface area contributed by atoms with Crippen molar-refractivity contribution in [3.63, 3.8) is 0 Å². The van der Waals surface area contributed by atoms with E-state index in [1.165, 1.54) is 64.7 Å². The van der Waals surface area contributed by atoms with Crippen LogP contribution in [-0.2, 0) is 12.8 Å². The highest BCUT2D eigenvalue weighted by atomic mass is 16.2. The second-order valence-electron chi connectivity index (χ2n) is 13.8. The third kappa shape index (κ3) is 7.93. The minimum Gasteiger partial charge on any atom is -0.352 e. The lowest BCUT2D eigenvalue weighted by Gasteiger charge is -2.26. The summed E-state index contributed by atoms with van der Waals surface area (Å²) in [4.78, 5) is 40.5. The number of fused-ring (bicyclic) bond motifs is 2. The van der Waals surface area contributed by atoms with Gasteiger partial charge in [0.25, 0.3) is 11.8 Å². The molecule has 2 amide bonds. The van der Waals surface area contributed by atoms with Crippen LogP contribution in [0.15, 0.2) is 70.6 Å². The molecular formula is C40H48N6O2. The Labute approximate surface area is 284 Å². The second-order valence-corrected chi connectivity index (χ2v) is 13.8. The molecule has 0 saturated carbocycles. The Hall–Kier alpha value is -4.14. The molecule has 0 aliphatic carbocycles. The van der Waals surface area contributed by atoms with Gasteiger partial charge < -0.3 is 20.4 Å². The molecule has 3 aromatic rings. The first-order chi connectivity index (χ1) is 23.6. The van der Waals surface area contributed by atoms with Crippen molar-refractivity contribution in [2.24, 2.45) is 9.98 Å². The molecular weight excluding hydrogens is 596 g/mol. The summed E-state index contributed by atoms with van der Waals surface area (Å²) in [5, 5.41) is 6.21. The number of carbonyl (C=O) groups excluding carboxylic acids is 2. The summed E-state index contributed by atoms with van der Waals surface area (Å²) < 4.78 is 0. The summed E-state index contributed by atoms with van der Waals surface area (Å²) in [6, 6.07) is 20.2. The number of amides is 2. The average molecular weight is 645 g/mol. The zero-order valence-electron chi connectivity index (χ0n) is 28.1. The normalized spacial score (nSPS) is 17.8. The van der Waals surface area contributed by atoms with Crippen LogP contribution in [0.1, 0.15) is 94.3 Å². The van der Waals surface area contributed by atoms with Crippen LogP contribution in [0.3, 0.4) is 0 Å². The number of nitrogens with zero attached hydrogens (tertiary/aromatic N) is 4. The molecule has 0 aromatic heterocycles. The van der Waals surface area contributed by atoms with E-state index in [4.69, 9.17) is 9.98 Å². The first-order valence-electron chi connectivity index (χ1n) is 18.1. The molecule has 3 aromatic carbocycles. The summed E-state index contributed by atoms with van der Waals surface area (Å²) in [5.74, 6) is -0.0212. The third-order valence-corrected chi connectivity index (χ3v) is 10.2. The molecule has 0 bridgehead atoms. The lowest BCUT2D eigenvalue weighted by molar-refractivity contribution is 0.0943. The van der Waals surface area contributed by atoms with Gasteiger partial charge >= 0.3 is 0 Å². The van der Waals surface area contributed by atoms with Gasteiger partial charge in [-0.1, -0.05) is 37.1 Å². The summed E-state index contributed by atoms with van der Waals surface area (Å²) in [6.07, 6.45) is 11.2. The third-order valence-electron chi connectivity index (χ3n) is 10.2. The van der Waals surface area contributed by atoms with E-state index in [9.17, 15) is 9.59 Å². The topological polar surface area (TPSA) is 89.4 Å². The first-order valence-corrected chi connectivity index (χ1v) is 18.1. The van der Waals surface area contributed by atoms with Crippen LogP contribution >= 0.6 is 0 Å². The molecule has 4 heterocycles. The highest BCUT2D eigenvalue weighted by Gasteiger charge is 2.21. The molecule has 2 N–H and O–H groups in total. The van der Waals surface area contributed by atoms with Crippen molar-refractivity contribution in [2.45, 2.75) is 64.2 Å². The van der Waals surface area contributed by atoms with E-state index in [2.05, 4.69) is 44.7 Å². The first kappa shape index (κ1) is 32.4. The van der Waals surface area contributed by atoms with E-state index >= 15 is 0 Å². The molecule has 8 heteroatoms. The van der Waals surface area contributed by atoms with Crippen LogP contribution in [0.2, 0.25) is 0 Å². The van der Waals surface area contributed by atoms with Crippen molar-refractivity contribution >= 4 is 34.6 Å². The van der Waals surface area contributed by atoms with E-state index in [1.807, 2.05) is 36.4 Å². The molecule has 0 spiro atoms. The van der Waals surface area contributed by atoms with Crippen molar-refractivity contribution in [3.05, 3.63) is 94.0 Å². The van der Waals surface area contributed by atoms with Crippen LogP contribution in [0.5, 0.6) is 0 Å². The predicted molar refractivity (Wildman–Crippen MR) is 194 cm³/mol. The number of nitrogens with one attached hydrogen (secondary N) is 2. The fourth-order valence-corrected chi connectivity index (χ4v) is 7.45. The lowest BCUT2D eigenvalue weighted by atomic mass is 9.98. The van der Waals surface area contributed by atoms with E-state index in [0.717, 1.165) is 71.0 Å². The van der Waals surface area contributed by atoms with Crippen molar-refractivity contribution in [1.82, 2.24) is 20.4 Å². The van der Waals surface area contributed by atoms with E-state index in [-0.39, 0.29) is 11.8 Å². The lowest BCUT2D eigenvalue weighted by Crippen LogP contribution is -2.33. The van der Waals surface area contributed by atoms with Crippen LogP contribution < -0.4 is 10.6 Å². The quantitative estimate of drug-likeness (QED) is 0.228. The van der Waals surface area contributed by atoms with E-state index < -0.39 is 0 Å². The Morgan fingerprint density at radius 2 is 0.979 bits per heavy atom. The fourth-order valence-electron chi connectivity index (χ4n) is 7.45. The van der Waals surface area contributed by atoms with Crippen LogP contribution in [0, 0.1) is 0 Å². The zero-order chi connectivity index (χ0) is 32.7. The highest BCUT2D eigenvalue weighted by Crippen LogP contribution is 2.32. The Bertz CT molecular complexity index is 1560. The highest BCUT2D eigenvalue weighted by molar-refractivity contribution is 6.10. The molecule has 4 aliphatic heterocycles. The minimum absolute atomic E-state index is 0.0106. The Morgan fingerprint density at radius 3 is 1.40 bits per heavy atom. The van der Waals surface area contributed by atoms with Crippen LogP contribution in [0.4, 0.5) is 11.4 Å². The van der Waals surface area contributed by atoms with Gasteiger partial charge in [-0.15, -0.1) is 0 Å². The predicted octanol–water partition coefficient (Wildman–Crippen LogP) is 6.25. The molecule has 2 fully saturated rings. The number of piperidine rings is 2. The molecule has 0 unspecified atom stereocenters. The fraction of sp³-hybridized carbons (Fsp3) is 0.450. The molecule has 250 valence electrons. The van der Waals surface area contributed by atoms with Crippen molar-refractivity contribution in [1.29, 1.82) is 0 Å². The van der Waals surface area contributed by atoms with Gasteiger partial charge in [-0.2, -0.15) is 0 Å². The van der Waals surface area contributed by atoms with Gasteiger partial charge in [-0.05, 0) is 136 Å². The van der Waals surface area contributed by atoms with E-state index in [0.29, 0.717) is 37.1 Å². The average Bonchev–Trinajstić information content (AvgIpc) is 3.77. The van der Waals surface area contributed by atoms with Crippen molar-refractivity contribution in [3.8, 4) is 0 Å². The molecule has 7 rings (SSSR count). The number of hydrogen-bond acceptors (Lipinski definition) is 6. The molecule has 0 radical (unpaired) electrons. The largest absolute Gasteiger partial charge is 0.352 e. The monoisotopic (exact) mass is 644 g/mol. The molecule has 2 saturated heterocycles. The second kappa shape index (κ2) is 15.4. The molecule has 8 nitrogen and oxygen atoms in total. The summed E-state index contributed by atoms with van der Waals surface area (Å²) >= 11 is 0. The van der Waals surface area contributed by atoms with Gasteiger partial charge in [0.05, 0.1) is 22.8 Å². The smallest absolute Gasteiger partial charge is 0.251 e. The summed E-state index contributed by atoms with van der Waals surface area (Å²) in [7, 11) is 0. The number of aliphatic imine (C=N–C) groups is 2. The van der Waals surface area contributed by atoms with Crippen molar-refractivity contribution < 1.29 is 9.59 Å². The molecule has 4 aliphatic rings. The minimum atomic E-state index is -0.0106. The number of rotatable bonds is 12. The summed E-state index contributed by atoms with van der Waals surface area (Å²) in [6.45, 7) is 8.27. The number of hydrogen-bond donors (Lipinski definition) is 2. The van der Waals surface area contributed by atoms with Gasteiger partial charge in [0.15, 0.2) is 0 Å². The summed E-state index contributed by atoms with van der Waals surface area (Å²) in [5.41, 5.74) is 9.64. The molecule has 0 atom stereocenters. The van der Waals surface area contributed by atoms with Gasteiger partial charge in [0.2, 0.25) is 0 Å². The van der Waals surface area contributed by atoms with Gasteiger partial charge in [0, 0.05) is 37.1 Å². The van der Waals surface area contributed by atoms with Gasteiger partial charge in [-0.25, -0.2) is 0 Å².